The zero-order valence-electron chi connectivity index (χ0n) is 9.81. The largest absolute Gasteiger partial charge is 0.586 e. The first-order chi connectivity index (χ1) is 9.07. The summed E-state index contributed by atoms with van der Waals surface area (Å²) in [5.41, 5.74) is 0.607. The predicted octanol–water partition coefficient (Wildman–Crippen LogP) is 2.91. The van der Waals surface area contributed by atoms with Crippen molar-refractivity contribution in [3.05, 3.63) is 18.2 Å². The van der Waals surface area contributed by atoms with Crippen LogP contribution < -0.4 is 9.47 Å². The van der Waals surface area contributed by atoms with Crippen LogP contribution in [-0.4, -0.2) is 27.2 Å². The molecule has 19 heavy (non-hydrogen) atoms. The van der Waals surface area contributed by atoms with Crippen molar-refractivity contribution in [2.24, 2.45) is 0 Å². The summed E-state index contributed by atoms with van der Waals surface area (Å²) in [6.45, 7) is 1.99. The van der Waals surface area contributed by atoms with E-state index in [-0.39, 0.29) is 11.5 Å². The van der Waals surface area contributed by atoms with Crippen LogP contribution in [0.3, 0.4) is 0 Å². The number of benzene rings is 1. The highest BCUT2D eigenvalue weighted by atomic mass is 32.2. The molecule has 1 aliphatic heterocycles. The predicted molar refractivity (Wildman–Crippen MR) is 64.4 cm³/mol. The second-order valence-corrected chi connectivity index (χ2v) is 4.96. The fraction of sp³-hybridized carbons (Fsp3) is 0.273. The van der Waals surface area contributed by atoms with Crippen molar-refractivity contribution >= 4 is 11.8 Å². The van der Waals surface area contributed by atoms with Gasteiger partial charge in [-0.15, -0.1) is 13.9 Å². The summed E-state index contributed by atoms with van der Waals surface area (Å²) in [6.07, 6.45) is -3.61. The molecule has 2 heterocycles. The fourth-order valence-electron chi connectivity index (χ4n) is 1.67. The van der Waals surface area contributed by atoms with Gasteiger partial charge in [-0.25, -0.2) is 4.98 Å². The van der Waals surface area contributed by atoms with Gasteiger partial charge in [0.05, 0.1) is 0 Å². The third-order valence-electron chi connectivity index (χ3n) is 2.41. The summed E-state index contributed by atoms with van der Waals surface area (Å²) in [6, 6.07) is 4.47. The Labute approximate surface area is 111 Å². The van der Waals surface area contributed by atoms with E-state index in [1.165, 1.54) is 23.9 Å². The molecule has 100 valence electrons. The van der Waals surface area contributed by atoms with Gasteiger partial charge < -0.3 is 9.47 Å². The quantitative estimate of drug-likeness (QED) is 0.879. The molecule has 1 N–H and O–H groups in total. The second-order valence-electron chi connectivity index (χ2n) is 3.73. The van der Waals surface area contributed by atoms with Gasteiger partial charge in [0, 0.05) is 5.56 Å². The van der Waals surface area contributed by atoms with E-state index in [4.69, 9.17) is 0 Å². The Bertz CT molecular complexity index is 618. The van der Waals surface area contributed by atoms with E-state index >= 15 is 0 Å². The van der Waals surface area contributed by atoms with E-state index in [1.807, 2.05) is 6.92 Å². The molecule has 0 spiro atoms. The number of nitrogens with zero attached hydrogens (tertiary/aromatic N) is 2. The number of halogens is 2. The Balaban J connectivity index is 1.90. The number of thioether (sulfide) groups is 1. The highest BCUT2D eigenvalue weighted by Crippen LogP contribution is 2.42. The van der Waals surface area contributed by atoms with Crippen molar-refractivity contribution in [2.75, 3.05) is 5.75 Å². The van der Waals surface area contributed by atoms with Crippen molar-refractivity contribution in [3.8, 4) is 22.9 Å². The molecule has 2 aromatic rings. The Kier molecular flexibility index (Phi) is 2.81. The molecular weight excluding hydrogens is 276 g/mol. The Morgan fingerprint density at radius 2 is 2.11 bits per heavy atom. The molecule has 0 bridgehead atoms. The van der Waals surface area contributed by atoms with Gasteiger partial charge in [0.25, 0.3) is 0 Å². The first kappa shape index (κ1) is 12.2. The Hall–Kier alpha value is -1.83. The van der Waals surface area contributed by atoms with E-state index in [2.05, 4.69) is 24.7 Å². The van der Waals surface area contributed by atoms with Crippen molar-refractivity contribution in [1.29, 1.82) is 0 Å². The van der Waals surface area contributed by atoms with E-state index in [0.29, 0.717) is 16.5 Å². The first-order valence-corrected chi connectivity index (χ1v) is 6.51. The summed E-state index contributed by atoms with van der Waals surface area (Å²) < 4.78 is 34.5. The Morgan fingerprint density at radius 3 is 2.89 bits per heavy atom. The Morgan fingerprint density at radius 1 is 1.32 bits per heavy atom. The highest BCUT2D eigenvalue weighted by Gasteiger charge is 2.43. The maximum Gasteiger partial charge on any atom is 0.586 e. The molecule has 0 saturated carbocycles. The number of aromatic amines is 1. The van der Waals surface area contributed by atoms with Gasteiger partial charge in [0.1, 0.15) is 0 Å². The summed E-state index contributed by atoms with van der Waals surface area (Å²) >= 11 is 1.49. The molecule has 0 atom stereocenters. The number of fused-ring (bicyclic) bond motifs is 1. The average molecular weight is 285 g/mol. The molecule has 8 heteroatoms. The van der Waals surface area contributed by atoms with Crippen LogP contribution in [0.25, 0.3) is 11.4 Å². The highest BCUT2D eigenvalue weighted by molar-refractivity contribution is 7.99. The van der Waals surface area contributed by atoms with Crippen LogP contribution in [0.5, 0.6) is 11.5 Å². The summed E-state index contributed by atoms with van der Waals surface area (Å²) in [5.74, 6) is 1.35. The molecule has 0 unspecified atom stereocenters. The molecule has 0 aliphatic carbocycles. The molecule has 1 aliphatic rings. The zero-order valence-corrected chi connectivity index (χ0v) is 10.6. The molecule has 3 rings (SSSR count). The maximum absolute atomic E-state index is 12.9. The van der Waals surface area contributed by atoms with Gasteiger partial charge in [-0.05, 0) is 24.0 Å². The standard InChI is InChI=1S/C11H9F2N3O2S/c1-2-19-10-14-9(15-16-10)6-3-4-7-8(5-6)18-11(12,13)17-7/h3-5H,2H2,1H3,(H,14,15,16). The maximum atomic E-state index is 12.9. The molecule has 0 radical (unpaired) electrons. The van der Waals surface area contributed by atoms with E-state index in [9.17, 15) is 8.78 Å². The van der Waals surface area contributed by atoms with Crippen molar-refractivity contribution in [3.63, 3.8) is 0 Å². The van der Waals surface area contributed by atoms with Crippen LogP contribution in [0.4, 0.5) is 8.78 Å². The fourth-order valence-corrected chi connectivity index (χ4v) is 2.19. The monoisotopic (exact) mass is 285 g/mol. The number of rotatable bonds is 3. The lowest BCUT2D eigenvalue weighted by molar-refractivity contribution is -0.286. The van der Waals surface area contributed by atoms with Gasteiger partial charge in [-0.2, -0.15) is 0 Å². The van der Waals surface area contributed by atoms with Crippen LogP contribution in [-0.2, 0) is 0 Å². The SMILES string of the molecule is CCSc1n[nH]c(-c2ccc3c(c2)OC(F)(F)O3)n1. The van der Waals surface area contributed by atoms with E-state index in [1.54, 1.807) is 6.07 Å². The lowest BCUT2D eigenvalue weighted by atomic mass is 10.2. The van der Waals surface area contributed by atoms with Crippen LogP contribution in [0.2, 0.25) is 0 Å². The number of aromatic nitrogens is 3. The van der Waals surface area contributed by atoms with Gasteiger partial charge in [-0.3, -0.25) is 5.10 Å². The molecule has 1 aromatic heterocycles. The van der Waals surface area contributed by atoms with Gasteiger partial charge in [-0.1, -0.05) is 18.7 Å². The third-order valence-corrected chi connectivity index (χ3v) is 3.14. The zero-order chi connectivity index (χ0) is 13.5. The number of hydrogen-bond donors (Lipinski definition) is 1. The smallest absolute Gasteiger partial charge is 0.395 e. The van der Waals surface area contributed by atoms with Gasteiger partial charge in [0.2, 0.25) is 5.16 Å². The molecule has 5 nitrogen and oxygen atoms in total. The van der Waals surface area contributed by atoms with E-state index < -0.39 is 6.29 Å². The first-order valence-electron chi connectivity index (χ1n) is 5.53. The molecule has 0 amide bonds. The molecular formula is C11H9F2N3O2S. The average Bonchev–Trinajstić information content (AvgIpc) is 2.90. The molecule has 1 aromatic carbocycles. The topological polar surface area (TPSA) is 60.0 Å². The number of H-pyrrole nitrogens is 1. The summed E-state index contributed by atoms with van der Waals surface area (Å²) in [7, 11) is 0. The molecule has 0 fully saturated rings. The summed E-state index contributed by atoms with van der Waals surface area (Å²) in [4.78, 5) is 4.24. The van der Waals surface area contributed by atoms with Gasteiger partial charge in [0.15, 0.2) is 17.3 Å². The van der Waals surface area contributed by atoms with Crippen molar-refractivity contribution in [1.82, 2.24) is 15.2 Å². The third kappa shape index (κ3) is 2.35. The van der Waals surface area contributed by atoms with Crippen molar-refractivity contribution in [2.45, 2.75) is 18.4 Å². The minimum atomic E-state index is -3.61. The minimum Gasteiger partial charge on any atom is -0.395 e. The lowest BCUT2D eigenvalue weighted by Gasteiger charge is -2.04. The lowest BCUT2D eigenvalue weighted by Crippen LogP contribution is -2.25. The van der Waals surface area contributed by atoms with Crippen LogP contribution >= 0.6 is 11.8 Å². The van der Waals surface area contributed by atoms with Crippen molar-refractivity contribution < 1.29 is 18.3 Å². The number of nitrogens with one attached hydrogen (secondary N) is 1. The minimum absolute atomic E-state index is 0.0106. The van der Waals surface area contributed by atoms with Crippen LogP contribution in [0.15, 0.2) is 23.4 Å². The number of alkyl halides is 2. The second kappa shape index (κ2) is 4.37. The number of ether oxygens (including phenoxy) is 2. The van der Waals surface area contributed by atoms with Crippen LogP contribution in [0, 0.1) is 0 Å². The summed E-state index contributed by atoms with van der Waals surface area (Å²) in [5, 5.41) is 7.38. The van der Waals surface area contributed by atoms with Gasteiger partial charge >= 0.3 is 6.29 Å². The molecule has 0 saturated heterocycles. The number of hydrogen-bond acceptors (Lipinski definition) is 5. The van der Waals surface area contributed by atoms with Crippen LogP contribution in [0.1, 0.15) is 6.92 Å². The normalized spacial score (nSPS) is 15.7. The van der Waals surface area contributed by atoms with E-state index in [0.717, 1.165) is 5.75 Å².